The molecule has 2 saturated heterocycles. The molecule has 0 unspecified atom stereocenters. The lowest BCUT2D eigenvalue weighted by Gasteiger charge is -2.19. The molecule has 2 fully saturated rings. The monoisotopic (exact) mass is 399 g/mol. The van der Waals surface area contributed by atoms with E-state index >= 15 is 0 Å². The van der Waals surface area contributed by atoms with Gasteiger partial charge in [-0.2, -0.15) is 0 Å². The fraction of sp³-hybridized carbons (Fsp3) is 0.316. The molecule has 5 nitrogen and oxygen atoms in total. The minimum absolute atomic E-state index is 0.128. The fourth-order valence-electron chi connectivity index (χ4n) is 3.69. The molecular formula is C19H18BrN3O2. The summed E-state index contributed by atoms with van der Waals surface area (Å²) in [5, 5.41) is 5.88. The van der Waals surface area contributed by atoms with Crippen LogP contribution in [0.3, 0.4) is 0 Å². The van der Waals surface area contributed by atoms with Gasteiger partial charge in [0.05, 0.1) is 37.7 Å². The summed E-state index contributed by atoms with van der Waals surface area (Å²) in [6.45, 7) is 2.05. The van der Waals surface area contributed by atoms with Crippen molar-refractivity contribution in [3.8, 4) is 11.3 Å². The maximum Gasteiger partial charge on any atom is 0.182 e. The number of aromatic amines is 1. The molecule has 2 N–H and O–H groups in total. The van der Waals surface area contributed by atoms with E-state index in [1.807, 2.05) is 6.20 Å². The molecule has 0 saturated carbocycles. The van der Waals surface area contributed by atoms with Crippen LogP contribution in [0, 0.1) is 0 Å². The van der Waals surface area contributed by atoms with Crippen molar-refractivity contribution in [1.82, 2.24) is 15.3 Å². The molecule has 0 bridgehead atoms. The summed E-state index contributed by atoms with van der Waals surface area (Å²) in [6, 6.07) is 12.9. The highest BCUT2D eigenvalue weighted by molar-refractivity contribution is 9.10. The van der Waals surface area contributed by atoms with Gasteiger partial charge in [0.2, 0.25) is 0 Å². The summed E-state index contributed by atoms with van der Waals surface area (Å²) in [4.78, 5) is 8.05. The van der Waals surface area contributed by atoms with Crippen LogP contribution < -0.4 is 5.32 Å². The first-order valence-electron chi connectivity index (χ1n) is 8.47. The minimum Gasteiger partial charge on any atom is -0.346 e. The molecule has 2 aliphatic heterocycles. The Bertz CT molecular complexity index is 933. The third kappa shape index (κ3) is 2.79. The zero-order valence-corrected chi connectivity index (χ0v) is 15.2. The van der Waals surface area contributed by atoms with E-state index in [-0.39, 0.29) is 6.04 Å². The predicted molar refractivity (Wildman–Crippen MR) is 99.2 cm³/mol. The number of fused-ring (bicyclic) bond motifs is 1. The number of hydrogen-bond acceptors (Lipinski definition) is 4. The zero-order chi connectivity index (χ0) is 16.9. The Balaban J connectivity index is 1.42. The molecular weight excluding hydrogens is 382 g/mol. The van der Waals surface area contributed by atoms with Crippen LogP contribution in [0.25, 0.3) is 22.0 Å². The van der Waals surface area contributed by atoms with Gasteiger partial charge in [0.1, 0.15) is 5.82 Å². The highest BCUT2D eigenvalue weighted by Gasteiger charge is 2.45. The Labute approximate surface area is 153 Å². The van der Waals surface area contributed by atoms with E-state index in [4.69, 9.17) is 9.47 Å². The Hall–Kier alpha value is -1.73. The highest BCUT2D eigenvalue weighted by Crippen LogP contribution is 2.36. The molecule has 128 valence electrons. The normalized spacial score (nSPS) is 22.2. The average molecular weight is 400 g/mol. The molecule has 1 atom stereocenters. The largest absolute Gasteiger partial charge is 0.346 e. The van der Waals surface area contributed by atoms with Crippen molar-refractivity contribution in [2.45, 2.75) is 18.2 Å². The number of rotatable bonds is 2. The SMILES string of the molecule is Brc1ccc2cc(-c3cnc([C@@H]4CC5(CN4)OCCO5)[nH]3)ccc2c1. The van der Waals surface area contributed by atoms with Crippen molar-refractivity contribution in [2.75, 3.05) is 19.8 Å². The Kier molecular flexibility index (Phi) is 3.67. The van der Waals surface area contributed by atoms with Crippen molar-refractivity contribution >= 4 is 26.7 Å². The van der Waals surface area contributed by atoms with E-state index in [0.29, 0.717) is 19.8 Å². The van der Waals surface area contributed by atoms with Gasteiger partial charge in [0.25, 0.3) is 0 Å². The van der Waals surface area contributed by atoms with E-state index in [0.717, 1.165) is 28.0 Å². The van der Waals surface area contributed by atoms with Crippen LogP contribution in [0.4, 0.5) is 0 Å². The summed E-state index contributed by atoms with van der Waals surface area (Å²) < 4.78 is 12.6. The van der Waals surface area contributed by atoms with Crippen LogP contribution in [0.1, 0.15) is 18.3 Å². The van der Waals surface area contributed by atoms with Gasteiger partial charge in [-0.3, -0.25) is 0 Å². The van der Waals surface area contributed by atoms with Crippen LogP contribution in [0.15, 0.2) is 47.1 Å². The number of hydrogen-bond donors (Lipinski definition) is 2. The topological polar surface area (TPSA) is 59.2 Å². The molecule has 3 aromatic rings. The van der Waals surface area contributed by atoms with Gasteiger partial charge >= 0.3 is 0 Å². The van der Waals surface area contributed by atoms with Crippen LogP contribution in [-0.2, 0) is 9.47 Å². The first kappa shape index (κ1) is 15.5. The third-order valence-electron chi connectivity index (χ3n) is 4.99. The zero-order valence-electron chi connectivity index (χ0n) is 13.6. The first-order valence-corrected chi connectivity index (χ1v) is 9.26. The molecule has 2 aliphatic rings. The standard InChI is InChI=1S/C19H18BrN3O2/c20-15-4-3-12-7-14(2-1-13(12)8-15)17-10-21-18(23-17)16-9-19(11-22-16)24-5-6-25-19/h1-4,7-8,10,16,22H,5-6,9,11H2,(H,21,23)/t16-/m0/s1. The van der Waals surface area contributed by atoms with Crippen LogP contribution >= 0.6 is 15.9 Å². The molecule has 1 aromatic heterocycles. The summed E-state index contributed by atoms with van der Waals surface area (Å²) in [7, 11) is 0. The minimum atomic E-state index is -0.464. The number of aromatic nitrogens is 2. The van der Waals surface area contributed by atoms with E-state index in [1.165, 1.54) is 10.8 Å². The van der Waals surface area contributed by atoms with E-state index in [1.54, 1.807) is 0 Å². The molecule has 0 amide bonds. The third-order valence-corrected chi connectivity index (χ3v) is 5.48. The van der Waals surface area contributed by atoms with Gasteiger partial charge in [-0.15, -0.1) is 0 Å². The fourth-order valence-corrected chi connectivity index (χ4v) is 4.07. The van der Waals surface area contributed by atoms with Crippen molar-refractivity contribution < 1.29 is 9.47 Å². The maximum absolute atomic E-state index is 5.77. The maximum atomic E-state index is 5.77. The predicted octanol–water partition coefficient (Wildman–Crippen LogP) is 3.77. The molecule has 3 heterocycles. The second-order valence-electron chi connectivity index (χ2n) is 6.63. The Morgan fingerprint density at radius 2 is 1.88 bits per heavy atom. The van der Waals surface area contributed by atoms with Gasteiger partial charge in [-0.05, 0) is 29.0 Å². The van der Waals surface area contributed by atoms with Crippen LogP contribution in [0.2, 0.25) is 0 Å². The number of H-pyrrole nitrogens is 1. The van der Waals surface area contributed by atoms with Gasteiger partial charge in [-0.1, -0.05) is 34.1 Å². The lowest BCUT2D eigenvalue weighted by Crippen LogP contribution is -2.32. The van der Waals surface area contributed by atoms with Gasteiger partial charge in [-0.25, -0.2) is 4.98 Å². The molecule has 6 heteroatoms. The smallest absolute Gasteiger partial charge is 0.182 e. The Morgan fingerprint density at radius 3 is 2.76 bits per heavy atom. The second-order valence-corrected chi connectivity index (χ2v) is 7.55. The number of nitrogens with one attached hydrogen (secondary N) is 2. The second kappa shape index (κ2) is 5.92. The summed E-state index contributed by atoms with van der Waals surface area (Å²) in [6.07, 6.45) is 2.68. The molecule has 0 aliphatic carbocycles. The summed E-state index contributed by atoms with van der Waals surface area (Å²) in [5.41, 5.74) is 2.16. The quantitative estimate of drug-likeness (QED) is 0.688. The summed E-state index contributed by atoms with van der Waals surface area (Å²) >= 11 is 3.52. The number of benzene rings is 2. The molecule has 5 rings (SSSR count). The van der Waals surface area contributed by atoms with Crippen LogP contribution in [0.5, 0.6) is 0 Å². The lowest BCUT2D eigenvalue weighted by molar-refractivity contribution is -0.141. The number of ether oxygens (including phenoxy) is 2. The van der Waals surface area contributed by atoms with E-state index < -0.39 is 5.79 Å². The van der Waals surface area contributed by atoms with Gasteiger partial charge in [0, 0.05) is 16.5 Å². The van der Waals surface area contributed by atoms with E-state index in [2.05, 4.69) is 67.6 Å². The van der Waals surface area contributed by atoms with Crippen LogP contribution in [-0.4, -0.2) is 35.5 Å². The lowest BCUT2D eigenvalue weighted by atomic mass is 10.1. The van der Waals surface area contributed by atoms with Crippen molar-refractivity contribution in [1.29, 1.82) is 0 Å². The van der Waals surface area contributed by atoms with Crippen molar-refractivity contribution in [2.24, 2.45) is 0 Å². The number of imidazole rings is 1. The average Bonchev–Trinajstić information content (AvgIpc) is 3.36. The number of halogens is 1. The van der Waals surface area contributed by atoms with Gasteiger partial charge < -0.3 is 19.8 Å². The highest BCUT2D eigenvalue weighted by atomic mass is 79.9. The molecule has 0 radical (unpaired) electrons. The Morgan fingerprint density at radius 1 is 1.08 bits per heavy atom. The molecule has 2 aromatic carbocycles. The molecule has 1 spiro atoms. The van der Waals surface area contributed by atoms with E-state index in [9.17, 15) is 0 Å². The molecule has 25 heavy (non-hydrogen) atoms. The van der Waals surface area contributed by atoms with Crippen molar-refractivity contribution in [3.63, 3.8) is 0 Å². The van der Waals surface area contributed by atoms with Crippen molar-refractivity contribution in [3.05, 3.63) is 52.9 Å². The first-order chi connectivity index (χ1) is 12.2. The van der Waals surface area contributed by atoms with Gasteiger partial charge in [0.15, 0.2) is 5.79 Å². The summed E-state index contributed by atoms with van der Waals surface area (Å²) in [5.74, 6) is 0.468. The number of nitrogens with zero attached hydrogens (tertiary/aromatic N) is 1.